The van der Waals surface area contributed by atoms with Gasteiger partial charge in [-0.25, -0.2) is 0 Å². The van der Waals surface area contributed by atoms with E-state index < -0.39 is 8.80 Å². The second kappa shape index (κ2) is 15.8. The van der Waals surface area contributed by atoms with Gasteiger partial charge >= 0.3 is 8.80 Å². The van der Waals surface area contributed by atoms with E-state index in [0.29, 0.717) is 19.8 Å². The third kappa shape index (κ3) is 11.5. The number of unbranched alkanes of at least 4 members (excludes halogenated alkanes) is 6. The molecule has 6 heteroatoms. The van der Waals surface area contributed by atoms with Gasteiger partial charge in [-0.3, -0.25) is 0 Å². The number of hydrogen-bond donors (Lipinski definition) is 0. The summed E-state index contributed by atoms with van der Waals surface area (Å²) in [6.07, 6.45) is 8.56. The highest BCUT2D eigenvalue weighted by Crippen LogP contribution is 2.20. The zero-order chi connectivity index (χ0) is 16.5. The summed E-state index contributed by atoms with van der Waals surface area (Å²) in [6, 6.07) is 0.932. The van der Waals surface area contributed by atoms with Crippen LogP contribution in [0, 0.1) is 10.7 Å². The molecule has 0 saturated heterocycles. The van der Waals surface area contributed by atoms with Crippen molar-refractivity contribution in [1.29, 1.82) is 5.26 Å². The van der Waals surface area contributed by atoms with Gasteiger partial charge in [-0.1, -0.05) is 32.1 Å². The first kappa shape index (κ1) is 21.9. The van der Waals surface area contributed by atoms with Gasteiger partial charge < -0.3 is 13.3 Å². The van der Waals surface area contributed by atoms with Crippen molar-refractivity contribution in [3.8, 4) is 5.40 Å². The molecular formula is C16H33NO3SSi. The van der Waals surface area contributed by atoms with E-state index in [1.54, 1.807) is 0 Å². The van der Waals surface area contributed by atoms with Crippen molar-refractivity contribution < 1.29 is 13.3 Å². The molecule has 0 aromatic heterocycles. The number of hydrogen-bond acceptors (Lipinski definition) is 5. The molecule has 0 atom stereocenters. The van der Waals surface area contributed by atoms with Crippen LogP contribution in [-0.2, 0) is 13.3 Å². The molecule has 0 aliphatic rings. The molecule has 0 N–H and O–H groups in total. The van der Waals surface area contributed by atoms with Crippen molar-refractivity contribution in [1.82, 2.24) is 0 Å². The van der Waals surface area contributed by atoms with Gasteiger partial charge in [-0.15, -0.1) is 0 Å². The largest absolute Gasteiger partial charge is 0.500 e. The number of thiocyanates is 1. The highest BCUT2D eigenvalue weighted by molar-refractivity contribution is 8.03. The van der Waals surface area contributed by atoms with Crippen LogP contribution in [0.5, 0.6) is 0 Å². The number of thioether (sulfide) groups is 1. The zero-order valence-electron chi connectivity index (χ0n) is 14.6. The Hall–Kier alpha value is -0.0631. The predicted octanol–water partition coefficient (Wildman–Crippen LogP) is 4.98. The molecule has 22 heavy (non-hydrogen) atoms. The van der Waals surface area contributed by atoms with E-state index in [1.165, 1.54) is 43.9 Å². The smallest absolute Gasteiger partial charge is 0.374 e. The summed E-state index contributed by atoms with van der Waals surface area (Å²) >= 11 is 1.37. The standard InChI is InChI=1S/C16H33NO3SSi/c1-4-18-22(19-5-2,20-6-3)15-13-11-9-7-8-10-12-14-21-16-17/h4-15H2,1-3H3. The fourth-order valence-corrected chi connectivity index (χ4v) is 5.57. The van der Waals surface area contributed by atoms with Crippen molar-refractivity contribution in [3.63, 3.8) is 0 Å². The monoisotopic (exact) mass is 347 g/mol. The van der Waals surface area contributed by atoms with Crippen molar-refractivity contribution >= 4 is 20.6 Å². The maximum Gasteiger partial charge on any atom is 0.500 e. The molecule has 0 bridgehead atoms. The van der Waals surface area contributed by atoms with Gasteiger partial charge in [0, 0.05) is 31.6 Å². The van der Waals surface area contributed by atoms with Crippen LogP contribution in [-0.4, -0.2) is 34.4 Å². The van der Waals surface area contributed by atoms with Crippen LogP contribution in [0.2, 0.25) is 6.04 Å². The average Bonchev–Trinajstić information content (AvgIpc) is 2.50. The Labute approximate surface area is 142 Å². The maximum atomic E-state index is 8.43. The molecule has 0 aliphatic carbocycles. The van der Waals surface area contributed by atoms with Crippen molar-refractivity contribution in [2.24, 2.45) is 0 Å². The predicted molar refractivity (Wildman–Crippen MR) is 95.8 cm³/mol. The van der Waals surface area contributed by atoms with Crippen LogP contribution < -0.4 is 0 Å². The van der Waals surface area contributed by atoms with Crippen LogP contribution in [0.15, 0.2) is 0 Å². The van der Waals surface area contributed by atoms with E-state index in [2.05, 4.69) is 5.40 Å². The third-order valence-electron chi connectivity index (χ3n) is 3.39. The lowest BCUT2D eigenvalue weighted by Crippen LogP contribution is -2.45. The van der Waals surface area contributed by atoms with Crippen LogP contribution in [0.1, 0.15) is 65.7 Å². The normalized spacial score (nSPS) is 11.5. The maximum absolute atomic E-state index is 8.43. The molecular weight excluding hydrogens is 314 g/mol. The molecule has 4 nitrogen and oxygen atoms in total. The molecule has 0 aromatic carbocycles. The Morgan fingerprint density at radius 3 is 1.68 bits per heavy atom. The van der Waals surface area contributed by atoms with Gasteiger partial charge in [0.05, 0.1) is 0 Å². The minimum Gasteiger partial charge on any atom is -0.374 e. The van der Waals surface area contributed by atoms with Gasteiger partial charge in [-0.05, 0) is 45.4 Å². The van der Waals surface area contributed by atoms with Crippen molar-refractivity contribution in [2.75, 3.05) is 25.6 Å². The quantitative estimate of drug-likeness (QED) is 0.224. The van der Waals surface area contributed by atoms with Crippen LogP contribution >= 0.6 is 11.8 Å². The molecule has 0 spiro atoms. The fraction of sp³-hybridized carbons (Fsp3) is 0.938. The summed E-state index contributed by atoms with van der Waals surface area (Å²) in [7, 11) is -2.42. The second-order valence-electron chi connectivity index (χ2n) is 5.15. The summed E-state index contributed by atoms with van der Waals surface area (Å²) in [5.74, 6) is 0.974. The highest BCUT2D eigenvalue weighted by Gasteiger charge is 2.39. The van der Waals surface area contributed by atoms with E-state index >= 15 is 0 Å². The van der Waals surface area contributed by atoms with E-state index in [1.807, 2.05) is 20.8 Å². The van der Waals surface area contributed by atoms with Crippen molar-refractivity contribution in [3.05, 3.63) is 0 Å². The lowest BCUT2D eigenvalue weighted by atomic mass is 10.1. The van der Waals surface area contributed by atoms with Gasteiger partial charge in [0.2, 0.25) is 0 Å². The Bertz CT molecular complexity index is 270. The molecule has 130 valence electrons. The first-order chi connectivity index (χ1) is 10.7. The van der Waals surface area contributed by atoms with Gasteiger partial charge in [0.15, 0.2) is 0 Å². The number of rotatable bonds is 16. The van der Waals surface area contributed by atoms with E-state index in [9.17, 15) is 0 Å². The van der Waals surface area contributed by atoms with E-state index in [-0.39, 0.29) is 0 Å². The minimum absolute atomic E-state index is 0.660. The Kier molecular flexibility index (Phi) is 15.8. The Morgan fingerprint density at radius 1 is 0.773 bits per heavy atom. The minimum atomic E-state index is -2.42. The van der Waals surface area contributed by atoms with Crippen LogP contribution in [0.3, 0.4) is 0 Å². The Balaban J connectivity index is 3.73. The molecule has 0 radical (unpaired) electrons. The summed E-state index contributed by atoms with van der Waals surface area (Å²) in [4.78, 5) is 0. The first-order valence-corrected chi connectivity index (χ1v) is 11.6. The summed E-state index contributed by atoms with van der Waals surface area (Å²) < 4.78 is 17.6. The summed E-state index contributed by atoms with van der Waals surface area (Å²) in [5.41, 5.74) is 0. The van der Waals surface area contributed by atoms with Crippen LogP contribution in [0.25, 0.3) is 0 Å². The lowest BCUT2D eigenvalue weighted by molar-refractivity contribution is 0.0706. The molecule has 0 unspecified atom stereocenters. The fourth-order valence-electron chi connectivity index (χ4n) is 2.45. The van der Waals surface area contributed by atoms with Gasteiger partial charge in [0.25, 0.3) is 0 Å². The average molecular weight is 348 g/mol. The zero-order valence-corrected chi connectivity index (χ0v) is 16.4. The van der Waals surface area contributed by atoms with Crippen molar-refractivity contribution in [2.45, 2.75) is 71.8 Å². The third-order valence-corrected chi connectivity index (χ3v) is 7.16. The summed E-state index contributed by atoms with van der Waals surface area (Å²) in [5, 5.41) is 10.5. The Morgan fingerprint density at radius 2 is 1.23 bits per heavy atom. The first-order valence-electron chi connectivity index (χ1n) is 8.67. The van der Waals surface area contributed by atoms with E-state index in [0.717, 1.165) is 24.6 Å². The molecule has 0 heterocycles. The lowest BCUT2D eigenvalue weighted by Gasteiger charge is -2.28. The molecule has 0 fully saturated rings. The SMILES string of the molecule is CCO[Si](CCCCCCCCCSC#N)(OCC)OCC. The van der Waals surface area contributed by atoms with Gasteiger partial charge in [-0.2, -0.15) is 5.26 Å². The molecule has 0 amide bonds. The molecule has 0 aliphatic heterocycles. The van der Waals surface area contributed by atoms with E-state index in [4.69, 9.17) is 18.5 Å². The molecule has 0 rings (SSSR count). The molecule has 0 saturated carbocycles. The topological polar surface area (TPSA) is 51.5 Å². The number of nitrogens with zero attached hydrogens (tertiary/aromatic N) is 1. The van der Waals surface area contributed by atoms with Crippen LogP contribution in [0.4, 0.5) is 0 Å². The highest BCUT2D eigenvalue weighted by atomic mass is 32.2. The molecule has 0 aromatic rings. The second-order valence-corrected chi connectivity index (χ2v) is 8.76. The summed E-state index contributed by atoms with van der Waals surface area (Å²) in [6.45, 7) is 7.99. The van der Waals surface area contributed by atoms with Gasteiger partial charge in [0.1, 0.15) is 5.40 Å². The number of nitriles is 1.